The van der Waals surface area contributed by atoms with Gasteiger partial charge in [-0.15, -0.1) is 0 Å². The highest BCUT2D eigenvalue weighted by atomic mass is 32.2. The lowest BCUT2D eigenvalue weighted by atomic mass is 10.2. The fraction of sp³-hybridized carbons (Fsp3) is 0.429. The zero-order valence-corrected chi connectivity index (χ0v) is 18.9. The molecule has 0 fully saturated rings. The molecule has 0 atom stereocenters. The second-order valence-electron chi connectivity index (χ2n) is 7.05. The quantitative estimate of drug-likeness (QED) is 0.254. The van der Waals surface area contributed by atoms with Crippen LogP contribution in [0.2, 0.25) is 0 Å². The molecule has 1 amide bonds. The summed E-state index contributed by atoms with van der Waals surface area (Å²) in [6, 6.07) is 5.14. The van der Waals surface area contributed by atoms with E-state index < -0.39 is 0 Å². The predicted octanol–water partition coefficient (Wildman–Crippen LogP) is 2.55. The maximum Gasteiger partial charge on any atom is 0.251 e. The van der Waals surface area contributed by atoms with Crippen LogP contribution in [0.4, 0.5) is 5.82 Å². The second kappa shape index (κ2) is 10.5. The van der Waals surface area contributed by atoms with Crippen molar-refractivity contribution < 1.29 is 19.0 Å². The van der Waals surface area contributed by atoms with Gasteiger partial charge in [0.25, 0.3) is 5.91 Å². The van der Waals surface area contributed by atoms with Gasteiger partial charge in [0.05, 0.1) is 24.7 Å². The van der Waals surface area contributed by atoms with Gasteiger partial charge in [-0.05, 0) is 24.6 Å². The molecule has 0 saturated heterocycles. The maximum absolute atomic E-state index is 12.5. The molecule has 32 heavy (non-hydrogen) atoms. The number of nitrogens with zero attached hydrogens (tertiary/aromatic N) is 4. The molecule has 2 aromatic heterocycles. The Morgan fingerprint density at radius 3 is 2.97 bits per heavy atom. The van der Waals surface area contributed by atoms with Crippen LogP contribution in [0.5, 0.6) is 11.5 Å². The Balaban J connectivity index is 1.45. The first-order valence-corrected chi connectivity index (χ1v) is 11.4. The molecule has 1 aromatic carbocycles. The van der Waals surface area contributed by atoms with Crippen molar-refractivity contribution in [2.75, 3.05) is 44.7 Å². The van der Waals surface area contributed by atoms with Crippen molar-refractivity contribution >= 4 is 34.5 Å². The molecule has 0 unspecified atom stereocenters. The van der Waals surface area contributed by atoms with Gasteiger partial charge in [-0.25, -0.2) is 14.6 Å². The fourth-order valence-electron chi connectivity index (χ4n) is 3.18. The van der Waals surface area contributed by atoms with E-state index in [1.807, 2.05) is 0 Å². The number of benzene rings is 1. The second-order valence-corrected chi connectivity index (χ2v) is 8.11. The van der Waals surface area contributed by atoms with Gasteiger partial charge < -0.3 is 24.8 Å². The Kier molecular flexibility index (Phi) is 7.28. The van der Waals surface area contributed by atoms with Crippen molar-refractivity contribution in [1.29, 1.82) is 0 Å². The standard InChI is InChI=1S/C21H26N6O4S/c1-3-10-32-21-25-18(22-7-9-29-2)15-12-24-27(19(15)26-21)8-6-23-20(28)14-4-5-16-17(11-14)31-13-30-16/h4-5,11-12H,3,6-10,13H2,1-2H3,(H,23,28)(H,22,25,26). The van der Waals surface area contributed by atoms with Crippen LogP contribution in [0, 0.1) is 0 Å². The summed E-state index contributed by atoms with van der Waals surface area (Å²) in [7, 11) is 1.66. The number of anilines is 1. The smallest absolute Gasteiger partial charge is 0.251 e. The van der Waals surface area contributed by atoms with Crippen LogP contribution in [0.15, 0.2) is 29.6 Å². The normalized spacial score (nSPS) is 12.3. The number of methoxy groups -OCH3 is 1. The van der Waals surface area contributed by atoms with E-state index in [9.17, 15) is 4.79 Å². The third kappa shape index (κ3) is 5.05. The largest absolute Gasteiger partial charge is 0.454 e. The summed E-state index contributed by atoms with van der Waals surface area (Å²) in [6.45, 7) is 4.39. The van der Waals surface area contributed by atoms with Crippen LogP contribution in [-0.4, -0.2) is 65.0 Å². The topological polar surface area (TPSA) is 112 Å². The van der Waals surface area contributed by atoms with Gasteiger partial charge in [0.2, 0.25) is 6.79 Å². The van der Waals surface area contributed by atoms with E-state index >= 15 is 0 Å². The van der Waals surface area contributed by atoms with Gasteiger partial charge in [0.15, 0.2) is 22.3 Å². The summed E-state index contributed by atoms with van der Waals surface area (Å²) in [5, 5.41) is 12.2. The van der Waals surface area contributed by atoms with E-state index in [1.54, 1.807) is 47.9 Å². The summed E-state index contributed by atoms with van der Waals surface area (Å²) in [6.07, 6.45) is 2.78. The minimum atomic E-state index is -0.185. The molecule has 11 heteroatoms. The highest BCUT2D eigenvalue weighted by molar-refractivity contribution is 7.99. The Labute approximate surface area is 190 Å². The van der Waals surface area contributed by atoms with Gasteiger partial charge >= 0.3 is 0 Å². The minimum Gasteiger partial charge on any atom is -0.454 e. The van der Waals surface area contributed by atoms with Gasteiger partial charge in [0, 0.05) is 31.5 Å². The number of fused-ring (bicyclic) bond motifs is 2. The van der Waals surface area contributed by atoms with Gasteiger partial charge in [0.1, 0.15) is 5.82 Å². The van der Waals surface area contributed by atoms with Gasteiger partial charge in [-0.3, -0.25) is 4.79 Å². The van der Waals surface area contributed by atoms with Crippen molar-refractivity contribution in [3.8, 4) is 11.5 Å². The summed E-state index contributed by atoms with van der Waals surface area (Å²) in [5.74, 6) is 2.72. The van der Waals surface area contributed by atoms with Crippen LogP contribution in [-0.2, 0) is 11.3 Å². The molecule has 2 N–H and O–H groups in total. The zero-order valence-electron chi connectivity index (χ0n) is 18.1. The van der Waals surface area contributed by atoms with E-state index in [4.69, 9.17) is 19.2 Å². The number of nitrogens with one attached hydrogen (secondary N) is 2. The molecule has 0 aliphatic carbocycles. The van der Waals surface area contributed by atoms with Crippen LogP contribution in [0.25, 0.3) is 11.0 Å². The molecule has 0 radical (unpaired) electrons. The molecule has 10 nitrogen and oxygen atoms in total. The Morgan fingerprint density at radius 1 is 1.25 bits per heavy atom. The molecular formula is C21H26N6O4S. The summed E-state index contributed by atoms with van der Waals surface area (Å²) >= 11 is 1.61. The number of thioether (sulfide) groups is 1. The molecule has 4 rings (SSSR count). The third-order valence-corrected chi connectivity index (χ3v) is 5.81. The lowest BCUT2D eigenvalue weighted by molar-refractivity contribution is 0.0951. The van der Waals surface area contributed by atoms with E-state index in [-0.39, 0.29) is 12.7 Å². The highest BCUT2D eigenvalue weighted by Crippen LogP contribution is 2.32. The van der Waals surface area contributed by atoms with E-state index in [0.29, 0.717) is 48.5 Å². The lowest BCUT2D eigenvalue weighted by Gasteiger charge is -2.10. The van der Waals surface area contributed by atoms with Crippen molar-refractivity contribution in [3.63, 3.8) is 0 Å². The SMILES string of the molecule is CCCSc1nc(NCCOC)c2cnn(CCNC(=O)c3ccc4c(c3)OCO4)c2n1. The molecule has 3 heterocycles. The number of carbonyl (C=O) groups excluding carboxylic acids is 1. The van der Waals surface area contributed by atoms with Crippen molar-refractivity contribution in [1.82, 2.24) is 25.1 Å². The van der Waals surface area contributed by atoms with E-state index in [1.165, 1.54) is 0 Å². The maximum atomic E-state index is 12.5. The zero-order chi connectivity index (χ0) is 22.3. The summed E-state index contributed by atoms with van der Waals surface area (Å²) in [4.78, 5) is 21.9. The number of ether oxygens (including phenoxy) is 3. The average Bonchev–Trinajstić information content (AvgIpc) is 3.44. The van der Waals surface area contributed by atoms with Crippen LogP contribution in [0.1, 0.15) is 23.7 Å². The Bertz CT molecular complexity index is 1090. The third-order valence-electron chi connectivity index (χ3n) is 4.75. The monoisotopic (exact) mass is 458 g/mol. The molecule has 0 bridgehead atoms. The lowest BCUT2D eigenvalue weighted by Crippen LogP contribution is -2.27. The first-order chi connectivity index (χ1) is 15.7. The number of hydrogen-bond acceptors (Lipinski definition) is 9. The summed E-state index contributed by atoms with van der Waals surface area (Å²) < 4.78 is 17.5. The molecule has 1 aliphatic rings. The number of hydrogen-bond donors (Lipinski definition) is 2. The number of aromatic nitrogens is 4. The van der Waals surface area contributed by atoms with E-state index in [2.05, 4.69) is 27.6 Å². The minimum absolute atomic E-state index is 0.176. The van der Waals surface area contributed by atoms with Gasteiger partial charge in [-0.1, -0.05) is 18.7 Å². The number of amides is 1. The first kappa shape index (κ1) is 22.2. The molecule has 3 aromatic rings. The highest BCUT2D eigenvalue weighted by Gasteiger charge is 2.17. The Hall–Kier alpha value is -3.05. The Morgan fingerprint density at radius 2 is 2.12 bits per heavy atom. The molecular weight excluding hydrogens is 432 g/mol. The van der Waals surface area contributed by atoms with Crippen molar-refractivity contribution in [2.45, 2.75) is 25.0 Å². The number of rotatable bonds is 11. The molecule has 0 spiro atoms. The van der Waals surface area contributed by atoms with E-state index in [0.717, 1.165) is 29.0 Å². The number of carbonyl (C=O) groups is 1. The van der Waals surface area contributed by atoms with Crippen LogP contribution < -0.4 is 20.1 Å². The molecule has 170 valence electrons. The van der Waals surface area contributed by atoms with Crippen LogP contribution in [0.3, 0.4) is 0 Å². The van der Waals surface area contributed by atoms with Crippen molar-refractivity contribution in [3.05, 3.63) is 30.0 Å². The molecule has 0 saturated carbocycles. The van der Waals surface area contributed by atoms with Crippen LogP contribution >= 0.6 is 11.8 Å². The van der Waals surface area contributed by atoms with Gasteiger partial charge in [-0.2, -0.15) is 5.10 Å². The fourth-order valence-corrected chi connectivity index (χ4v) is 3.87. The molecule has 1 aliphatic heterocycles. The average molecular weight is 459 g/mol. The summed E-state index contributed by atoms with van der Waals surface area (Å²) in [5.41, 5.74) is 1.25. The predicted molar refractivity (Wildman–Crippen MR) is 122 cm³/mol. The first-order valence-electron chi connectivity index (χ1n) is 10.5. The van der Waals surface area contributed by atoms with Crippen molar-refractivity contribution in [2.24, 2.45) is 0 Å².